The van der Waals surface area contributed by atoms with Crippen LogP contribution in [-0.2, 0) is 4.79 Å². The molecule has 1 atom stereocenters. The summed E-state index contributed by atoms with van der Waals surface area (Å²) in [5, 5.41) is 8.82. The Morgan fingerprint density at radius 3 is 2.42 bits per heavy atom. The minimum atomic E-state index is -0.340. The number of anilines is 1. The van der Waals surface area contributed by atoms with Gasteiger partial charge in [-0.1, -0.05) is 48.0 Å². The Bertz CT molecular complexity index is 692. The molecule has 24 heavy (non-hydrogen) atoms. The van der Waals surface area contributed by atoms with Crippen LogP contribution in [0.2, 0.25) is 5.02 Å². The number of rotatable bonds is 6. The number of benzene rings is 2. The van der Waals surface area contributed by atoms with Crippen LogP contribution in [0.1, 0.15) is 24.9 Å². The Labute approximate surface area is 146 Å². The van der Waals surface area contributed by atoms with E-state index in [0.717, 1.165) is 5.56 Å². The van der Waals surface area contributed by atoms with Crippen molar-refractivity contribution in [2.24, 2.45) is 0 Å². The average Bonchev–Trinajstić information content (AvgIpc) is 2.56. The quantitative estimate of drug-likeness (QED) is 0.746. The van der Waals surface area contributed by atoms with E-state index in [4.69, 9.17) is 11.6 Å². The number of halogens is 1. The predicted molar refractivity (Wildman–Crippen MR) is 96.1 cm³/mol. The highest BCUT2D eigenvalue weighted by atomic mass is 35.5. The summed E-state index contributed by atoms with van der Waals surface area (Å²) < 4.78 is 0. The molecule has 0 saturated heterocycles. The minimum Gasteiger partial charge on any atom is -0.349 e. The molecule has 2 aromatic carbocycles. The molecule has 6 heteroatoms. The third-order valence-electron chi connectivity index (χ3n) is 3.42. The summed E-state index contributed by atoms with van der Waals surface area (Å²) >= 11 is 6.11. The number of hydrogen-bond acceptors (Lipinski definition) is 2. The monoisotopic (exact) mass is 345 g/mol. The van der Waals surface area contributed by atoms with Gasteiger partial charge in [-0.2, -0.15) is 0 Å². The van der Waals surface area contributed by atoms with Crippen molar-refractivity contribution in [2.45, 2.75) is 19.4 Å². The van der Waals surface area contributed by atoms with E-state index in [1.54, 1.807) is 18.2 Å². The number of urea groups is 1. The van der Waals surface area contributed by atoms with Crippen molar-refractivity contribution in [2.75, 3.05) is 11.9 Å². The highest BCUT2D eigenvalue weighted by Crippen LogP contribution is 2.21. The molecule has 0 spiro atoms. The van der Waals surface area contributed by atoms with Crippen molar-refractivity contribution in [3.63, 3.8) is 0 Å². The van der Waals surface area contributed by atoms with Crippen LogP contribution in [-0.4, -0.2) is 18.5 Å². The second-order valence-corrected chi connectivity index (χ2v) is 5.71. The molecule has 0 aliphatic heterocycles. The molecule has 0 aliphatic rings. The molecular weight excluding hydrogens is 326 g/mol. The minimum absolute atomic E-state index is 0.151. The first-order valence-electron chi connectivity index (χ1n) is 7.70. The second kappa shape index (κ2) is 8.93. The lowest BCUT2D eigenvalue weighted by atomic mass is 10.1. The number of carbonyl (C=O) groups is 2. The fourth-order valence-corrected chi connectivity index (χ4v) is 2.50. The number of para-hydroxylation sites is 1. The van der Waals surface area contributed by atoms with Crippen LogP contribution in [0.4, 0.5) is 10.5 Å². The molecule has 0 aliphatic carbocycles. The van der Waals surface area contributed by atoms with Gasteiger partial charge >= 0.3 is 6.03 Å². The lowest BCUT2D eigenvalue weighted by molar-refractivity contribution is -0.121. The van der Waals surface area contributed by atoms with E-state index < -0.39 is 0 Å². The van der Waals surface area contributed by atoms with E-state index in [2.05, 4.69) is 16.0 Å². The lowest BCUT2D eigenvalue weighted by Crippen LogP contribution is -2.34. The molecule has 0 bridgehead atoms. The van der Waals surface area contributed by atoms with E-state index in [1.807, 2.05) is 43.3 Å². The fourth-order valence-electron chi connectivity index (χ4n) is 2.20. The van der Waals surface area contributed by atoms with Crippen LogP contribution >= 0.6 is 11.6 Å². The van der Waals surface area contributed by atoms with E-state index in [0.29, 0.717) is 10.7 Å². The van der Waals surface area contributed by atoms with Crippen LogP contribution < -0.4 is 16.0 Å². The van der Waals surface area contributed by atoms with Crippen molar-refractivity contribution < 1.29 is 9.59 Å². The first-order valence-corrected chi connectivity index (χ1v) is 8.08. The third-order valence-corrected chi connectivity index (χ3v) is 3.76. The van der Waals surface area contributed by atoms with Gasteiger partial charge in [0.1, 0.15) is 0 Å². The summed E-state index contributed by atoms with van der Waals surface area (Å²) in [5.74, 6) is -0.151. The Morgan fingerprint density at radius 1 is 1.04 bits per heavy atom. The van der Waals surface area contributed by atoms with E-state index in [9.17, 15) is 9.59 Å². The molecule has 0 unspecified atom stereocenters. The summed E-state index contributed by atoms with van der Waals surface area (Å²) in [6.07, 6.45) is 0.191. The maximum absolute atomic E-state index is 12.0. The zero-order valence-electron chi connectivity index (χ0n) is 13.4. The highest BCUT2D eigenvalue weighted by molar-refractivity contribution is 6.31. The number of carbonyl (C=O) groups excluding carboxylic acids is 2. The fraction of sp³-hybridized carbons (Fsp3) is 0.222. The molecule has 0 radical (unpaired) electrons. The van der Waals surface area contributed by atoms with Gasteiger partial charge in [0.2, 0.25) is 5.91 Å². The van der Waals surface area contributed by atoms with Gasteiger partial charge in [-0.15, -0.1) is 0 Å². The number of hydrogen-bond donors (Lipinski definition) is 3. The van der Waals surface area contributed by atoms with Crippen molar-refractivity contribution in [1.82, 2.24) is 10.6 Å². The highest BCUT2D eigenvalue weighted by Gasteiger charge is 2.12. The summed E-state index contributed by atoms with van der Waals surface area (Å²) in [5.41, 5.74) is 1.56. The molecule has 0 saturated carbocycles. The molecule has 3 amide bonds. The molecule has 0 fully saturated rings. The van der Waals surface area contributed by atoms with Gasteiger partial charge in [-0.25, -0.2) is 4.79 Å². The van der Waals surface area contributed by atoms with Crippen LogP contribution in [0.3, 0.4) is 0 Å². The maximum atomic E-state index is 12.0. The summed E-state index contributed by atoms with van der Waals surface area (Å²) in [6.45, 7) is 2.12. The Hall–Kier alpha value is -2.53. The van der Waals surface area contributed by atoms with Crippen molar-refractivity contribution >= 4 is 29.2 Å². The van der Waals surface area contributed by atoms with E-state index in [-0.39, 0.29) is 30.9 Å². The zero-order valence-corrected chi connectivity index (χ0v) is 14.1. The molecule has 126 valence electrons. The van der Waals surface area contributed by atoms with Gasteiger partial charge in [-0.3, -0.25) is 4.79 Å². The molecule has 2 aromatic rings. The normalized spacial score (nSPS) is 11.4. The summed E-state index contributed by atoms with van der Waals surface area (Å²) in [4.78, 5) is 23.7. The average molecular weight is 346 g/mol. The third kappa shape index (κ3) is 5.59. The number of nitrogens with one attached hydrogen (secondary N) is 3. The summed E-state index contributed by atoms with van der Waals surface area (Å²) in [6, 6.07) is 16.0. The van der Waals surface area contributed by atoms with Gasteiger partial charge in [0, 0.05) is 23.7 Å². The second-order valence-electron chi connectivity index (χ2n) is 5.31. The Balaban J connectivity index is 1.71. The Kier molecular flexibility index (Phi) is 6.63. The van der Waals surface area contributed by atoms with Gasteiger partial charge in [0.25, 0.3) is 0 Å². The maximum Gasteiger partial charge on any atom is 0.319 e. The van der Waals surface area contributed by atoms with Crippen molar-refractivity contribution in [3.8, 4) is 0 Å². The van der Waals surface area contributed by atoms with Gasteiger partial charge in [-0.05, 0) is 30.7 Å². The smallest absolute Gasteiger partial charge is 0.319 e. The van der Waals surface area contributed by atoms with Crippen molar-refractivity contribution in [3.05, 3.63) is 65.2 Å². The van der Waals surface area contributed by atoms with Crippen molar-refractivity contribution in [1.29, 1.82) is 0 Å². The van der Waals surface area contributed by atoms with Gasteiger partial charge in [0.05, 0.1) is 6.04 Å². The lowest BCUT2D eigenvalue weighted by Gasteiger charge is -2.16. The van der Waals surface area contributed by atoms with Crippen LogP contribution in [0.15, 0.2) is 54.6 Å². The molecule has 3 N–H and O–H groups in total. The SMILES string of the molecule is C[C@@H](NC(=O)CCNC(=O)Nc1ccccc1)c1ccccc1Cl. The van der Waals surface area contributed by atoms with Gasteiger partial charge in [0.15, 0.2) is 0 Å². The first kappa shape index (κ1) is 17.8. The molecule has 2 rings (SSSR count). The number of amides is 3. The molecular formula is C18H20ClN3O2. The largest absolute Gasteiger partial charge is 0.349 e. The van der Waals surface area contributed by atoms with E-state index in [1.165, 1.54) is 0 Å². The van der Waals surface area contributed by atoms with Crippen LogP contribution in [0, 0.1) is 0 Å². The van der Waals surface area contributed by atoms with E-state index >= 15 is 0 Å². The topological polar surface area (TPSA) is 70.2 Å². The van der Waals surface area contributed by atoms with Crippen LogP contribution in [0.25, 0.3) is 0 Å². The first-order chi connectivity index (χ1) is 11.6. The van der Waals surface area contributed by atoms with Gasteiger partial charge < -0.3 is 16.0 Å². The zero-order chi connectivity index (χ0) is 17.4. The standard InChI is InChI=1S/C18H20ClN3O2/c1-13(15-9-5-6-10-16(15)19)21-17(23)11-12-20-18(24)22-14-7-3-2-4-8-14/h2-10,13H,11-12H2,1H3,(H,21,23)(H2,20,22,24)/t13-/m1/s1. The van der Waals surface area contributed by atoms with Crippen LogP contribution in [0.5, 0.6) is 0 Å². The molecule has 0 heterocycles. The molecule has 0 aromatic heterocycles. The summed E-state index contributed by atoms with van der Waals surface area (Å²) in [7, 11) is 0. The molecule has 5 nitrogen and oxygen atoms in total. The Morgan fingerprint density at radius 2 is 1.71 bits per heavy atom. The predicted octanol–water partition coefficient (Wildman–Crippen LogP) is 3.73.